The van der Waals surface area contributed by atoms with Gasteiger partial charge in [0.05, 0.1) is 16.7 Å². The maximum Gasteiger partial charge on any atom is 0.259 e. The molecule has 6 heterocycles. The van der Waals surface area contributed by atoms with Crippen molar-refractivity contribution in [2.24, 2.45) is 0 Å². The predicted octanol–water partition coefficient (Wildman–Crippen LogP) is 17.3. The van der Waals surface area contributed by atoms with Crippen LogP contribution in [0.1, 0.15) is 86.3 Å². The number of nitrogens with zero attached hydrogens (tertiary/aromatic N) is 6. The summed E-state index contributed by atoms with van der Waals surface area (Å²) in [5.41, 5.74) is 6.95. The molecule has 5 N–H and O–H groups in total. The third kappa shape index (κ3) is 21.2. The second kappa shape index (κ2) is 34.5. The molecule has 0 saturated carbocycles. The summed E-state index contributed by atoms with van der Waals surface area (Å²) >= 11 is 31.8. The zero-order chi connectivity index (χ0) is 64.9. The van der Waals surface area contributed by atoms with E-state index in [9.17, 15) is 18.8 Å². The van der Waals surface area contributed by atoms with Crippen LogP contribution in [0.15, 0.2) is 205 Å². The van der Waals surface area contributed by atoms with Gasteiger partial charge in [0.15, 0.2) is 11.0 Å². The molecule has 0 aliphatic carbocycles. The molecular weight excluding hydrogens is 1300 g/mol. The molecule has 12 rings (SSSR count). The van der Waals surface area contributed by atoms with E-state index in [1.165, 1.54) is 16.7 Å². The third-order valence-corrected chi connectivity index (χ3v) is 18.5. The lowest BCUT2D eigenvalue weighted by Gasteiger charge is -2.33. The van der Waals surface area contributed by atoms with Gasteiger partial charge in [0.25, 0.3) is 17.7 Å². The highest BCUT2D eigenvalue weighted by atomic mass is 35.5. The third-order valence-electron chi connectivity index (χ3n) is 16.0. The molecule has 0 bridgehead atoms. The molecule has 14 nitrogen and oxygen atoms in total. The van der Waals surface area contributed by atoms with E-state index in [2.05, 4.69) is 123 Å². The Kier molecular flexibility index (Phi) is 25.3. The first-order valence-electron chi connectivity index (χ1n) is 30.9. The zero-order valence-corrected chi connectivity index (χ0v) is 55.6. The van der Waals surface area contributed by atoms with Gasteiger partial charge in [-0.15, -0.1) is 11.8 Å². The lowest BCUT2D eigenvalue weighted by molar-refractivity contribution is 0.101. The van der Waals surface area contributed by atoms with E-state index in [0.29, 0.717) is 59.5 Å². The summed E-state index contributed by atoms with van der Waals surface area (Å²) in [7, 11) is 0. The smallest absolute Gasteiger partial charge is 0.259 e. The van der Waals surface area contributed by atoms with Crippen LogP contribution in [0, 0.1) is 5.82 Å². The molecule has 3 aromatic heterocycles. The number of amides is 3. The van der Waals surface area contributed by atoms with E-state index in [4.69, 9.17) is 58.0 Å². The van der Waals surface area contributed by atoms with Crippen LogP contribution in [0.2, 0.25) is 25.4 Å². The Bertz CT molecular complexity index is 3920. The van der Waals surface area contributed by atoms with Crippen LogP contribution >= 0.6 is 69.8 Å². The number of carbonyl (C=O) groups excluding carboxylic acids is 3. The van der Waals surface area contributed by atoms with E-state index < -0.39 is 11.7 Å². The van der Waals surface area contributed by atoms with Gasteiger partial charge in [0, 0.05) is 101 Å². The largest absolute Gasteiger partial charge is 0.367 e. The van der Waals surface area contributed by atoms with E-state index in [-0.39, 0.29) is 40.4 Å². The number of rotatable bonds is 18. The maximum absolute atomic E-state index is 14.1. The topological polar surface area (TPSA) is 160 Å². The van der Waals surface area contributed by atoms with Crippen molar-refractivity contribution in [3.63, 3.8) is 0 Å². The maximum atomic E-state index is 14.1. The molecular formula is C72H71Cl5FN11O3S. The molecule has 6 aromatic carbocycles. The first-order chi connectivity index (χ1) is 45.2. The number of halogens is 6. The lowest BCUT2D eigenvalue weighted by atomic mass is 10.0. The number of nitrogens with one attached hydrogen (secondary N) is 5. The van der Waals surface area contributed by atoms with Gasteiger partial charge in [-0.3, -0.25) is 29.1 Å². The molecule has 0 radical (unpaired) electrons. The molecule has 3 aliphatic heterocycles. The predicted molar refractivity (Wildman–Crippen MR) is 378 cm³/mol. The number of pyridine rings is 3. The summed E-state index contributed by atoms with van der Waals surface area (Å²) in [5, 5.41) is 18.3. The Hall–Kier alpha value is -7.61. The number of hydrogen-bond acceptors (Lipinski definition) is 12. The zero-order valence-electron chi connectivity index (χ0n) is 51.0. The van der Waals surface area contributed by atoms with Crippen LogP contribution in [-0.4, -0.2) is 104 Å². The second-order valence-electron chi connectivity index (χ2n) is 22.9. The van der Waals surface area contributed by atoms with Crippen molar-refractivity contribution >= 4 is 116 Å². The molecule has 3 amide bonds. The minimum absolute atomic E-state index is 0.0959. The van der Waals surface area contributed by atoms with Crippen LogP contribution in [0.25, 0.3) is 0 Å². The Morgan fingerprint density at radius 3 is 1.29 bits per heavy atom. The van der Waals surface area contributed by atoms with Gasteiger partial charge in [-0.1, -0.05) is 167 Å². The highest BCUT2D eigenvalue weighted by Crippen LogP contribution is 2.33. The number of piperidine rings is 3. The molecule has 3 fully saturated rings. The Balaban J connectivity index is 0.000000153. The summed E-state index contributed by atoms with van der Waals surface area (Å²) in [6.45, 7) is 8.76. The lowest BCUT2D eigenvalue weighted by Crippen LogP contribution is -2.39. The summed E-state index contributed by atoms with van der Waals surface area (Å²) in [6.07, 6.45) is 7.61. The minimum atomic E-state index is -0.744. The van der Waals surface area contributed by atoms with Gasteiger partial charge in [0.1, 0.15) is 21.8 Å². The Morgan fingerprint density at radius 1 is 0.441 bits per heavy atom. The first kappa shape index (κ1) is 68.3. The Morgan fingerprint density at radius 2 is 0.849 bits per heavy atom. The van der Waals surface area contributed by atoms with E-state index >= 15 is 0 Å². The number of likely N-dealkylation sites (tertiary alicyclic amines) is 3. The van der Waals surface area contributed by atoms with Crippen LogP contribution in [0.4, 0.5) is 33.1 Å². The summed E-state index contributed by atoms with van der Waals surface area (Å²) in [6, 6.07) is 60.9. The minimum Gasteiger partial charge on any atom is -0.367 e. The molecule has 0 spiro atoms. The SMILES string of the molecule is O=C(Nc1cccc(Cl)c1)c1cc(F)c(Cl)nc1NC1CCN(Cc2ccccc2)CC1.O=C(Nc1cccc(Cl)c1)c1ccc(Cl)nc1NC1CCN(Cc2ccccc2)CC1.O=C(Nc1cccc(Cl)c1)c1cccnc1SC1CCN(Cc2ccccc2)CC1. The van der Waals surface area contributed by atoms with E-state index in [1.54, 1.807) is 96.8 Å². The van der Waals surface area contributed by atoms with Crippen molar-refractivity contribution in [2.45, 2.75) is 80.5 Å². The van der Waals surface area contributed by atoms with Crippen LogP contribution in [0.3, 0.4) is 0 Å². The summed E-state index contributed by atoms with van der Waals surface area (Å²) in [5.74, 6) is -0.860. The van der Waals surface area contributed by atoms with E-state index in [1.807, 2.05) is 42.5 Å². The van der Waals surface area contributed by atoms with Gasteiger partial charge in [-0.05, 0) is 153 Å². The summed E-state index contributed by atoms with van der Waals surface area (Å²) in [4.78, 5) is 58.9. The van der Waals surface area contributed by atoms with Gasteiger partial charge in [-0.25, -0.2) is 19.3 Å². The molecule has 9 aromatic rings. The van der Waals surface area contributed by atoms with Crippen molar-refractivity contribution in [3.8, 4) is 0 Å². The monoisotopic (exact) mass is 1360 g/mol. The fourth-order valence-electron chi connectivity index (χ4n) is 11.2. The van der Waals surface area contributed by atoms with Crippen molar-refractivity contribution in [1.29, 1.82) is 0 Å². The van der Waals surface area contributed by atoms with E-state index in [0.717, 1.165) is 109 Å². The first-order valence-corrected chi connectivity index (χ1v) is 33.7. The van der Waals surface area contributed by atoms with Crippen molar-refractivity contribution in [2.75, 3.05) is 65.9 Å². The number of aromatic nitrogens is 3. The van der Waals surface area contributed by atoms with Crippen LogP contribution in [0.5, 0.6) is 0 Å². The normalized spacial score (nSPS) is 14.9. The van der Waals surface area contributed by atoms with Gasteiger partial charge in [0.2, 0.25) is 0 Å². The van der Waals surface area contributed by atoms with Crippen molar-refractivity contribution in [3.05, 3.63) is 265 Å². The van der Waals surface area contributed by atoms with Gasteiger partial charge >= 0.3 is 0 Å². The molecule has 93 heavy (non-hydrogen) atoms. The van der Waals surface area contributed by atoms with Crippen molar-refractivity contribution < 1.29 is 18.8 Å². The second-order valence-corrected chi connectivity index (χ2v) is 26.2. The molecule has 0 unspecified atom stereocenters. The molecule has 3 saturated heterocycles. The number of anilines is 5. The number of hydrogen-bond donors (Lipinski definition) is 5. The quantitative estimate of drug-likeness (QED) is 0.0518. The number of carbonyl (C=O) groups is 3. The summed E-state index contributed by atoms with van der Waals surface area (Å²) < 4.78 is 14.1. The molecule has 0 atom stereocenters. The Labute approximate surface area is 572 Å². The average molecular weight is 1370 g/mol. The highest BCUT2D eigenvalue weighted by molar-refractivity contribution is 7.99. The highest BCUT2D eigenvalue weighted by Gasteiger charge is 2.27. The van der Waals surface area contributed by atoms with Gasteiger partial charge < -0.3 is 26.6 Å². The standard InChI is InChI=1S/C24H23Cl2FN4O.C24H24Cl2N4O.C24H24ClN3OS/c25-17-7-4-8-19(13-17)29-24(32)20-14-21(27)22(26)30-23(20)28-18-9-11-31(12-10-18)15-16-5-2-1-3-6-16;25-18-7-4-8-20(15-18)28-24(31)21-9-10-22(26)29-23(21)27-19-11-13-30(14-12-19)16-17-5-2-1-3-6-17;25-19-8-4-9-20(16-19)27-23(29)22-10-5-13-26-24(22)30-21-11-14-28(15-12-21)17-18-6-2-1-3-7-18/h1-8,13-14,18H,9-12,15H2,(H,28,30)(H,29,32);1-10,15,19H,11-14,16H2,(H,27,29)(H,28,31);1-10,13,16,21H,11-12,14-15,17H2,(H,27,29). The average Bonchev–Trinajstić information content (AvgIpc) is 1.42. The number of benzene rings is 6. The van der Waals surface area contributed by atoms with Crippen LogP contribution < -0.4 is 26.6 Å². The molecule has 3 aliphatic rings. The van der Waals surface area contributed by atoms with Crippen molar-refractivity contribution in [1.82, 2.24) is 29.7 Å². The van der Waals surface area contributed by atoms with Gasteiger partial charge in [-0.2, -0.15) is 0 Å². The fourth-order valence-corrected chi connectivity index (χ4v) is 13.2. The molecule has 480 valence electrons. The number of thioether (sulfide) groups is 1. The molecule has 21 heteroatoms. The fraction of sp³-hybridized carbons (Fsp3) is 0.250. The van der Waals surface area contributed by atoms with Crippen LogP contribution in [-0.2, 0) is 19.6 Å².